The Balaban J connectivity index is 0.00000176. The van der Waals surface area contributed by atoms with Gasteiger partial charge in [0.15, 0.2) is 0 Å². The minimum Gasteiger partial charge on any atom is -0.660 e. The van der Waals surface area contributed by atoms with Gasteiger partial charge in [-0.2, -0.15) is 0 Å². The Morgan fingerprint density at radius 2 is 1.42 bits per heavy atom. The van der Waals surface area contributed by atoms with Crippen molar-refractivity contribution in [3.63, 3.8) is 0 Å². The molecule has 0 aromatic rings. The molecule has 3 aliphatic carbocycles. The standard InChI is InChI=1S/C19H36NSi.2CH3.Ti/c1-13-10-16-11-14-8-7-9-15(14)12-17(16)18(13)21(5,6)20-19(2,3)4;;;/h13-18H,7-12H2,1-6H3;2*1H3;/q3*-1;+3/t13-,14?,15?,16?,17?,18?;;;/m1.../s1. The first-order valence-corrected chi connectivity index (χ1v) is 12.4. The first-order chi connectivity index (χ1) is 9.67. The molecule has 0 heterocycles. The zero-order valence-corrected chi connectivity index (χ0v) is 20.2. The van der Waals surface area contributed by atoms with Gasteiger partial charge in [0.05, 0.1) is 0 Å². The van der Waals surface area contributed by atoms with Gasteiger partial charge in [0.2, 0.25) is 0 Å². The van der Waals surface area contributed by atoms with Crippen LogP contribution in [0, 0.1) is 44.4 Å². The topological polar surface area (TPSA) is 14.1 Å². The minimum absolute atomic E-state index is 0. The molecular weight excluding hydrogens is 342 g/mol. The zero-order valence-electron chi connectivity index (χ0n) is 17.7. The van der Waals surface area contributed by atoms with E-state index in [0.29, 0.717) is 0 Å². The molecule has 3 aliphatic rings. The zero-order chi connectivity index (χ0) is 15.4. The quantitative estimate of drug-likeness (QED) is 0.356. The van der Waals surface area contributed by atoms with Gasteiger partial charge in [0.1, 0.15) is 0 Å². The molecule has 0 aliphatic heterocycles. The molecule has 0 amide bonds. The predicted molar refractivity (Wildman–Crippen MR) is 108 cm³/mol. The summed E-state index contributed by atoms with van der Waals surface area (Å²) in [5.41, 5.74) is 1.10. The molecule has 3 saturated carbocycles. The van der Waals surface area contributed by atoms with Gasteiger partial charge >= 0.3 is 21.7 Å². The molecule has 0 aromatic heterocycles. The molecule has 6 atom stereocenters. The second-order valence-corrected chi connectivity index (χ2v) is 14.2. The molecule has 3 rings (SSSR count). The Bertz CT molecular complexity index is 390. The van der Waals surface area contributed by atoms with Crippen molar-refractivity contribution in [1.82, 2.24) is 0 Å². The summed E-state index contributed by atoms with van der Waals surface area (Å²) in [7, 11) is -1.50. The van der Waals surface area contributed by atoms with Gasteiger partial charge in [-0.15, -0.1) is 5.54 Å². The summed E-state index contributed by atoms with van der Waals surface area (Å²) in [6.07, 6.45) is 9.22. The molecule has 0 bridgehead atoms. The van der Waals surface area contributed by atoms with Crippen LogP contribution >= 0.6 is 0 Å². The molecule has 0 aromatic carbocycles. The number of hydrogen-bond donors (Lipinski definition) is 0. The summed E-state index contributed by atoms with van der Waals surface area (Å²) in [6, 6.07) is 0. The van der Waals surface area contributed by atoms with Crippen molar-refractivity contribution in [2.45, 2.75) is 90.4 Å². The summed E-state index contributed by atoms with van der Waals surface area (Å²) in [5.74, 6) is 5.17. The largest absolute Gasteiger partial charge is 3.00 e. The molecular formula is C21H42NSiTi. The Kier molecular flexibility index (Phi) is 9.04. The molecule has 0 saturated heterocycles. The van der Waals surface area contributed by atoms with E-state index in [9.17, 15) is 0 Å². The smallest absolute Gasteiger partial charge is 0.660 e. The van der Waals surface area contributed by atoms with Crippen LogP contribution in [0.3, 0.4) is 0 Å². The minimum atomic E-state index is -1.50. The van der Waals surface area contributed by atoms with E-state index >= 15 is 0 Å². The number of rotatable bonds is 2. The number of fused-ring (bicyclic) bond motifs is 2. The molecule has 1 radical (unpaired) electrons. The van der Waals surface area contributed by atoms with Crippen molar-refractivity contribution in [2.24, 2.45) is 29.6 Å². The molecule has 3 fully saturated rings. The van der Waals surface area contributed by atoms with Crippen LogP contribution in [-0.4, -0.2) is 13.8 Å². The fourth-order valence-electron chi connectivity index (χ4n) is 6.76. The normalized spacial score (nSPS) is 38.2. The van der Waals surface area contributed by atoms with Crippen LogP contribution in [0.5, 0.6) is 0 Å². The second kappa shape index (κ2) is 8.72. The van der Waals surface area contributed by atoms with Crippen molar-refractivity contribution >= 4 is 8.24 Å². The molecule has 5 unspecified atom stereocenters. The third kappa shape index (κ3) is 4.99. The first-order valence-electron chi connectivity index (χ1n) is 9.41. The van der Waals surface area contributed by atoms with Crippen molar-refractivity contribution in [2.75, 3.05) is 0 Å². The van der Waals surface area contributed by atoms with Crippen LogP contribution < -0.4 is 0 Å². The Hall–Kier alpha value is 0.891. The van der Waals surface area contributed by atoms with Gasteiger partial charge in [-0.25, -0.2) is 0 Å². The maximum Gasteiger partial charge on any atom is 3.00 e. The number of nitrogens with zero attached hydrogens (tertiary/aromatic N) is 1. The van der Waals surface area contributed by atoms with Crippen LogP contribution in [0.25, 0.3) is 4.98 Å². The van der Waals surface area contributed by atoms with Crippen molar-refractivity contribution in [3.05, 3.63) is 19.8 Å². The molecule has 24 heavy (non-hydrogen) atoms. The Labute approximate surface area is 169 Å². The summed E-state index contributed by atoms with van der Waals surface area (Å²) in [4.78, 5) is 5.39. The van der Waals surface area contributed by atoms with E-state index in [4.69, 9.17) is 4.98 Å². The van der Waals surface area contributed by atoms with E-state index in [-0.39, 0.29) is 42.1 Å². The third-order valence-electron chi connectivity index (χ3n) is 6.79. The van der Waals surface area contributed by atoms with Crippen LogP contribution in [0.4, 0.5) is 0 Å². The van der Waals surface area contributed by atoms with E-state index in [1.807, 2.05) is 0 Å². The fourth-order valence-corrected chi connectivity index (χ4v) is 11.6. The average molecular weight is 385 g/mol. The van der Waals surface area contributed by atoms with E-state index in [1.165, 1.54) is 19.3 Å². The fraction of sp³-hybridized carbons (Fsp3) is 0.905. The molecule has 0 spiro atoms. The summed E-state index contributed by atoms with van der Waals surface area (Å²) >= 11 is 0. The van der Waals surface area contributed by atoms with Gasteiger partial charge in [-0.3, -0.25) is 0 Å². The van der Waals surface area contributed by atoms with Crippen LogP contribution in [-0.2, 0) is 21.7 Å². The van der Waals surface area contributed by atoms with E-state index in [0.717, 1.165) is 35.1 Å². The van der Waals surface area contributed by atoms with Gasteiger partial charge in [0.25, 0.3) is 0 Å². The summed E-state index contributed by atoms with van der Waals surface area (Å²) < 4.78 is 0. The summed E-state index contributed by atoms with van der Waals surface area (Å²) in [6.45, 7) is 14.6. The van der Waals surface area contributed by atoms with Crippen molar-refractivity contribution in [3.8, 4) is 0 Å². The van der Waals surface area contributed by atoms with Crippen molar-refractivity contribution < 1.29 is 21.7 Å². The SMILES string of the molecule is C[C@@H]1CC2CC3CCCC3CC2C1[Si](C)(C)[N-]C(C)(C)C.[CH3-].[CH3-].[Ti+3]. The van der Waals surface area contributed by atoms with Crippen molar-refractivity contribution in [1.29, 1.82) is 0 Å². The van der Waals surface area contributed by atoms with Gasteiger partial charge in [-0.1, -0.05) is 73.8 Å². The van der Waals surface area contributed by atoms with Gasteiger partial charge < -0.3 is 19.8 Å². The number of hydrogen-bond acceptors (Lipinski definition) is 0. The molecule has 1 nitrogen and oxygen atoms in total. The second-order valence-electron chi connectivity index (χ2n) is 10.0. The van der Waals surface area contributed by atoms with E-state index in [2.05, 4.69) is 40.8 Å². The molecule has 139 valence electrons. The predicted octanol–water partition coefficient (Wildman–Crippen LogP) is 7.11. The molecule has 3 heteroatoms. The summed E-state index contributed by atoms with van der Waals surface area (Å²) in [5, 5.41) is 0. The van der Waals surface area contributed by atoms with Gasteiger partial charge in [0, 0.05) is 0 Å². The third-order valence-corrected chi connectivity index (χ3v) is 10.7. The maximum absolute atomic E-state index is 5.39. The first kappa shape index (κ1) is 24.9. The van der Waals surface area contributed by atoms with Crippen LogP contribution in [0.2, 0.25) is 18.6 Å². The Morgan fingerprint density at radius 3 is 1.96 bits per heavy atom. The maximum atomic E-state index is 5.39. The monoisotopic (exact) mass is 384 g/mol. The average Bonchev–Trinajstić information content (AvgIpc) is 2.83. The van der Waals surface area contributed by atoms with Crippen LogP contribution in [0.1, 0.15) is 66.2 Å². The van der Waals surface area contributed by atoms with Crippen LogP contribution in [0.15, 0.2) is 0 Å². The van der Waals surface area contributed by atoms with Gasteiger partial charge in [-0.05, 0) is 48.9 Å². The Morgan fingerprint density at radius 1 is 0.875 bits per heavy atom. The molecule has 0 N–H and O–H groups in total. The van der Waals surface area contributed by atoms with E-state index < -0.39 is 8.24 Å². The van der Waals surface area contributed by atoms with E-state index in [1.54, 1.807) is 19.3 Å².